The average Bonchev–Trinajstić information content (AvgIpc) is 1.52. The number of rotatable bonds is 12. The van der Waals surface area contributed by atoms with Gasteiger partial charge in [-0.25, -0.2) is 0 Å². The third-order valence-electron chi connectivity index (χ3n) is 27.1. The van der Waals surface area contributed by atoms with Crippen molar-refractivity contribution >= 4 is 34.1 Å². The zero-order chi connectivity index (χ0) is 78.8. The van der Waals surface area contributed by atoms with E-state index >= 15 is 0 Å². The first-order valence-corrected chi connectivity index (χ1v) is 41.8. The van der Waals surface area contributed by atoms with Gasteiger partial charge in [0, 0.05) is 45.3 Å². The van der Waals surface area contributed by atoms with E-state index in [0.29, 0.717) is 0 Å². The maximum atomic E-state index is 4.02. The van der Waals surface area contributed by atoms with Crippen LogP contribution in [-0.4, -0.2) is 0 Å². The zero-order valence-electron chi connectivity index (χ0n) is 65.6. The summed E-state index contributed by atoms with van der Waals surface area (Å²) in [5.41, 5.74) is 50.1. The molecule has 6 aliphatic carbocycles. The minimum Gasteiger partial charge on any atom is -0.356 e. The van der Waals surface area contributed by atoms with Crippen molar-refractivity contribution in [2.24, 2.45) is 0 Å². The third-order valence-corrected chi connectivity index (χ3v) is 27.1. The Morgan fingerprint density at radius 1 is 0.133 bits per heavy atom. The molecule has 25 rings (SSSR count). The van der Waals surface area contributed by atoms with Crippen LogP contribution in [0.1, 0.15) is 66.8 Å². The third kappa shape index (κ3) is 9.69. The summed E-state index contributed by atoms with van der Waals surface area (Å²) in [7, 11) is 0. The molecule has 0 aliphatic heterocycles. The van der Waals surface area contributed by atoms with E-state index in [4.69, 9.17) is 0 Å². The predicted octanol–water partition coefficient (Wildman–Crippen LogP) is 29.9. The highest BCUT2D eigenvalue weighted by Crippen LogP contribution is 2.69. The van der Waals surface area contributed by atoms with Crippen LogP contribution >= 0.6 is 0 Å². The monoisotopic (exact) mass is 1520 g/mol. The maximum Gasteiger partial charge on any atom is 0.0746 e. The number of hydrogen-bond donors (Lipinski definition) is 3. The van der Waals surface area contributed by atoms with Gasteiger partial charge in [-0.3, -0.25) is 0 Å². The molecule has 2 atom stereocenters. The summed E-state index contributed by atoms with van der Waals surface area (Å²) in [5, 5.41) is 11.7. The van der Waals surface area contributed by atoms with Crippen LogP contribution in [0.15, 0.2) is 437 Å². The number of hydrogen-bond acceptors (Lipinski definition) is 3. The first kappa shape index (κ1) is 67.9. The van der Waals surface area contributed by atoms with Crippen LogP contribution in [0.2, 0.25) is 0 Å². The molecule has 2 unspecified atom stereocenters. The van der Waals surface area contributed by atoms with Gasteiger partial charge in [0.05, 0.1) is 16.2 Å². The van der Waals surface area contributed by atoms with Crippen LogP contribution in [-0.2, 0) is 16.2 Å². The molecule has 0 saturated heterocycles. The highest BCUT2D eigenvalue weighted by molar-refractivity contribution is 6.06. The van der Waals surface area contributed by atoms with Crippen molar-refractivity contribution < 1.29 is 0 Å². The molecule has 0 saturated carbocycles. The summed E-state index contributed by atoms with van der Waals surface area (Å²) < 4.78 is 0. The normalized spacial score (nSPS) is 15.3. The first-order chi connectivity index (χ1) is 59.5. The van der Waals surface area contributed by atoms with Gasteiger partial charge in [-0.1, -0.05) is 358 Å². The highest BCUT2D eigenvalue weighted by atomic mass is 14.9. The summed E-state index contributed by atoms with van der Waals surface area (Å²) in [6.45, 7) is 0. The summed E-state index contributed by atoms with van der Waals surface area (Å²) in [6.07, 6.45) is 0. The van der Waals surface area contributed by atoms with Gasteiger partial charge in [0.15, 0.2) is 0 Å². The molecular weight excluding hydrogens is 1450 g/mol. The number of nitrogens with one attached hydrogen (secondary N) is 3. The molecule has 0 heterocycles. The molecule has 0 amide bonds. The molecule has 3 heteroatoms. The second kappa shape index (κ2) is 26.3. The standard InChI is InChI=1S/C117H75N3/c1-3-24-73(25-4-1)75-50-60-83(61-51-75)118-84-66-56-78(57-67-84)87-36-20-45-106-111(87)93-34-11-17-43-102(93)115(106)98-39-13-9-32-91(98)96-71-80(58-68-104(96)115)81-59-69-105-97(72-81)92-33-10-14-40-99(92)116(105)103-44-18-12-35-94(103)113-108(116)47-23-48-109(113)119-85-64-54-77(55-65-85)79-28-19-29-82(70-79)88-37-21-46-107-112(88)95-38-22-49-110(120-86-62-52-76(53-63-86)74-26-5-2-6-27-74)114(95)117(107)100-41-15-7-30-89(100)90-31-8-16-42-101(90)117/h1-72,118-120H. The Morgan fingerprint density at radius 2 is 0.408 bits per heavy atom. The fourth-order valence-electron chi connectivity index (χ4n) is 22.3. The van der Waals surface area contributed by atoms with Crippen molar-refractivity contribution in [3.63, 3.8) is 0 Å². The van der Waals surface area contributed by atoms with Crippen molar-refractivity contribution in [2.75, 3.05) is 16.0 Å². The molecule has 6 aliphatic rings. The van der Waals surface area contributed by atoms with E-state index in [-0.39, 0.29) is 0 Å². The van der Waals surface area contributed by atoms with Gasteiger partial charge >= 0.3 is 0 Å². The van der Waals surface area contributed by atoms with Crippen LogP contribution < -0.4 is 16.0 Å². The second-order valence-electron chi connectivity index (χ2n) is 33.0. The summed E-state index contributed by atoms with van der Waals surface area (Å²) in [6, 6.07) is 163. The molecule has 0 bridgehead atoms. The largest absolute Gasteiger partial charge is 0.356 e. The van der Waals surface area contributed by atoms with Crippen LogP contribution in [0.25, 0.3) is 134 Å². The molecule has 558 valence electrons. The topological polar surface area (TPSA) is 36.1 Å². The fourth-order valence-corrected chi connectivity index (χ4v) is 22.3. The van der Waals surface area contributed by atoms with E-state index in [0.717, 1.165) is 45.3 Å². The van der Waals surface area contributed by atoms with Gasteiger partial charge in [-0.2, -0.15) is 0 Å². The van der Waals surface area contributed by atoms with Crippen molar-refractivity contribution in [3.8, 4) is 134 Å². The molecule has 0 aromatic heterocycles. The lowest BCUT2D eigenvalue weighted by molar-refractivity contribution is 0.793. The Kier molecular flexibility index (Phi) is 14.9. The first-order valence-electron chi connectivity index (χ1n) is 41.8. The number of fused-ring (bicyclic) bond motifs is 30. The summed E-state index contributed by atoms with van der Waals surface area (Å²) in [5.74, 6) is 0. The smallest absolute Gasteiger partial charge is 0.0746 e. The average molecular weight is 1520 g/mol. The summed E-state index contributed by atoms with van der Waals surface area (Å²) in [4.78, 5) is 0. The van der Waals surface area contributed by atoms with Gasteiger partial charge in [0.25, 0.3) is 0 Å². The van der Waals surface area contributed by atoms with Gasteiger partial charge < -0.3 is 16.0 Å². The fraction of sp³-hybridized carbons (Fsp3) is 0.0256. The van der Waals surface area contributed by atoms with E-state index in [1.54, 1.807) is 0 Å². The van der Waals surface area contributed by atoms with Crippen LogP contribution in [0, 0.1) is 0 Å². The molecule has 0 radical (unpaired) electrons. The zero-order valence-corrected chi connectivity index (χ0v) is 65.6. The molecule has 19 aromatic carbocycles. The maximum absolute atomic E-state index is 4.02. The molecule has 0 fully saturated rings. The van der Waals surface area contributed by atoms with Crippen LogP contribution in [0.3, 0.4) is 0 Å². The lowest BCUT2D eigenvalue weighted by Gasteiger charge is -2.32. The minimum absolute atomic E-state index is 0.511. The number of anilines is 6. The van der Waals surface area contributed by atoms with E-state index in [2.05, 4.69) is 453 Å². The Morgan fingerprint density at radius 3 is 0.917 bits per heavy atom. The Bertz CT molecular complexity index is 7420. The van der Waals surface area contributed by atoms with E-state index in [9.17, 15) is 0 Å². The van der Waals surface area contributed by atoms with Crippen molar-refractivity contribution in [1.29, 1.82) is 0 Å². The van der Waals surface area contributed by atoms with E-state index in [1.165, 1.54) is 189 Å². The molecule has 19 aromatic rings. The molecular formula is C117H75N3. The Balaban J connectivity index is 0.535. The highest BCUT2D eigenvalue weighted by Gasteiger charge is 2.56. The Hall–Kier alpha value is -15.4. The summed E-state index contributed by atoms with van der Waals surface area (Å²) >= 11 is 0. The lowest BCUT2D eigenvalue weighted by atomic mass is 9.70. The predicted molar refractivity (Wildman–Crippen MR) is 497 cm³/mol. The van der Waals surface area contributed by atoms with Crippen molar-refractivity contribution in [3.05, 3.63) is 504 Å². The Labute approximate surface area is 698 Å². The number of benzene rings is 19. The molecule has 3 spiro atoms. The van der Waals surface area contributed by atoms with Crippen LogP contribution in [0.5, 0.6) is 0 Å². The van der Waals surface area contributed by atoms with Gasteiger partial charge in [0.2, 0.25) is 0 Å². The van der Waals surface area contributed by atoms with E-state index < -0.39 is 16.2 Å². The molecule has 3 N–H and O–H groups in total. The molecule has 120 heavy (non-hydrogen) atoms. The van der Waals surface area contributed by atoms with Gasteiger partial charge in [-0.15, -0.1) is 0 Å². The second-order valence-corrected chi connectivity index (χ2v) is 33.0. The minimum atomic E-state index is -0.565. The SMILES string of the molecule is c1ccc(-c2ccc(Nc3ccc(-c4cccc5c4-c4ccccc4C54c5ccccc5-c5cc(-c6ccc7c(c6)-c6ccccc6C76c7ccccc7-c7c(Nc8ccc(-c9cccc(-c%10cccc%11c%10-c%10cccc(Nc%12ccc(-c%13ccccc%13)cc%12)c%10C%11%10c%11ccccc%11-c%11ccccc%11%10)c9)cc8)cccc76)ccc54)cc3)cc2)cc1. The van der Waals surface area contributed by atoms with Crippen molar-refractivity contribution in [2.45, 2.75) is 16.2 Å². The van der Waals surface area contributed by atoms with Gasteiger partial charge in [-0.05, 0) is 268 Å². The van der Waals surface area contributed by atoms with Crippen molar-refractivity contribution in [1.82, 2.24) is 0 Å². The van der Waals surface area contributed by atoms with E-state index in [1.807, 2.05) is 0 Å². The van der Waals surface area contributed by atoms with Crippen LogP contribution in [0.4, 0.5) is 34.1 Å². The van der Waals surface area contributed by atoms with Gasteiger partial charge in [0.1, 0.15) is 0 Å². The quantitative estimate of drug-likeness (QED) is 0.114. The lowest BCUT2D eigenvalue weighted by Crippen LogP contribution is -2.26. The molecule has 3 nitrogen and oxygen atoms in total.